The third-order valence-electron chi connectivity index (χ3n) is 5.20. The molecule has 2 aromatic carbocycles. The first-order valence-electron chi connectivity index (χ1n) is 10.2. The lowest BCUT2D eigenvalue weighted by molar-refractivity contribution is -0.121. The molecule has 0 fully saturated rings. The number of fused-ring (bicyclic) bond motifs is 2. The Bertz CT molecular complexity index is 1050. The van der Waals surface area contributed by atoms with Crippen LogP contribution in [-0.2, 0) is 16.0 Å². The molecule has 0 unspecified atom stereocenters. The summed E-state index contributed by atoms with van der Waals surface area (Å²) in [7, 11) is 1.97. The van der Waals surface area contributed by atoms with Crippen molar-refractivity contribution < 1.29 is 9.59 Å². The summed E-state index contributed by atoms with van der Waals surface area (Å²) in [5.41, 5.74) is 2.53. The molecule has 7 nitrogen and oxygen atoms in total. The minimum atomic E-state index is -0.0872. The molecule has 1 aliphatic rings. The highest BCUT2D eigenvalue weighted by atomic mass is 16.2. The van der Waals surface area contributed by atoms with Crippen molar-refractivity contribution >= 4 is 34.5 Å². The smallest absolute Gasteiger partial charge is 0.230 e. The van der Waals surface area contributed by atoms with Gasteiger partial charge in [-0.3, -0.25) is 14.5 Å². The molecule has 3 aromatic rings. The van der Waals surface area contributed by atoms with Gasteiger partial charge in [-0.25, -0.2) is 9.97 Å². The first-order valence-corrected chi connectivity index (χ1v) is 10.2. The molecular weight excluding hydrogens is 378 g/mol. The largest absolute Gasteiger partial charge is 0.357 e. The van der Waals surface area contributed by atoms with E-state index in [0.29, 0.717) is 31.1 Å². The van der Waals surface area contributed by atoms with E-state index in [1.54, 1.807) is 4.90 Å². The van der Waals surface area contributed by atoms with Gasteiger partial charge in [-0.2, -0.15) is 0 Å². The van der Waals surface area contributed by atoms with Gasteiger partial charge in [-0.15, -0.1) is 0 Å². The van der Waals surface area contributed by atoms with Crippen molar-refractivity contribution in [3.63, 3.8) is 0 Å². The molecule has 0 atom stereocenters. The van der Waals surface area contributed by atoms with Crippen molar-refractivity contribution in [2.45, 2.75) is 19.3 Å². The summed E-state index contributed by atoms with van der Waals surface area (Å²) < 4.78 is 0. The summed E-state index contributed by atoms with van der Waals surface area (Å²) in [4.78, 5) is 38.4. The number of nitrogens with zero attached hydrogens (tertiary/aromatic N) is 4. The standard InChI is InChI=1S/C23H25N5O2/c1-27-14-7-15-28(23-22(27)25-18-10-5-6-11-19(18)26-23)21(30)12-13-24-20(29)16-17-8-3-2-4-9-17/h2-6,8-11H,7,12-16H2,1H3,(H,24,29). The van der Waals surface area contributed by atoms with Crippen molar-refractivity contribution in [3.8, 4) is 0 Å². The minimum Gasteiger partial charge on any atom is -0.357 e. The van der Waals surface area contributed by atoms with Crippen molar-refractivity contribution in [3.05, 3.63) is 60.2 Å². The second-order valence-electron chi connectivity index (χ2n) is 7.44. The van der Waals surface area contributed by atoms with Crippen molar-refractivity contribution in [1.29, 1.82) is 0 Å². The van der Waals surface area contributed by atoms with Crippen LogP contribution in [0.1, 0.15) is 18.4 Å². The van der Waals surface area contributed by atoms with Gasteiger partial charge in [-0.1, -0.05) is 42.5 Å². The molecule has 0 saturated heterocycles. The van der Waals surface area contributed by atoms with Crippen molar-refractivity contribution in [2.75, 3.05) is 36.5 Å². The summed E-state index contributed by atoms with van der Waals surface area (Å²) >= 11 is 0. The van der Waals surface area contributed by atoms with Gasteiger partial charge in [0.05, 0.1) is 17.5 Å². The lowest BCUT2D eigenvalue weighted by atomic mass is 10.1. The zero-order valence-corrected chi connectivity index (χ0v) is 17.0. The number of hydrogen-bond donors (Lipinski definition) is 1. The molecule has 7 heteroatoms. The molecule has 0 saturated carbocycles. The summed E-state index contributed by atoms with van der Waals surface area (Å²) in [6, 6.07) is 17.2. The SMILES string of the molecule is CN1CCCN(C(=O)CCNC(=O)Cc2ccccc2)c2nc3ccccc3nc21. The predicted octanol–water partition coefficient (Wildman–Crippen LogP) is 2.55. The van der Waals surface area contributed by atoms with Gasteiger partial charge in [0.2, 0.25) is 11.8 Å². The van der Waals surface area contributed by atoms with Gasteiger partial charge in [0.25, 0.3) is 0 Å². The zero-order valence-electron chi connectivity index (χ0n) is 17.0. The fourth-order valence-corrected chi connectivity index (χ4v) is 3.63. The molecular formula is C23H25N5O2. The number of rotatable bonds is 5. The highest BCUT2D eigenvalue weighted by Crippen LogP contribution is 2.30. The Morgan fingerprint density at radius 3 is 2.33 bits per heavy atom. The van der Waals surface area contributed by atoms with Crippen LogP contribution in [0.25, 0.3) is 11.0 Å². The van der Waals surface area contributed by atoms with E-state index in [-0.39, 0.29) is 18.2 Å². The number of aromatic nitrogens is 2. The fraction of sp³-hybridized carbons (Fsp3) is 0.304. The van der Waals surface area contributed by atoms with E-state index in [9.17, 15) is 9.59 Å². The van der Waals surface area contributed by atoms with E-state index in [1.165, 1.54) is 0 Å². The van der Waals surface area contributed by atoms with Gasteiger partial charge < -0.3 is 10.2 Å². The van der Waals surface area contributed by atoms with E-state index in [0.717, 1.165) is 29.6 Å². The molecule has 1 N–H and O–H groups in total. The normalized spacial score (nSPS) is 13.6. The Kier molecular flexibility index (Phi) is 5.88. The van der Waals surface area contributed by atoms with Gasteiger partial charge in [0.1, 0.15) is 0 Å². The monoisotopic (exact) mass is 403 g/mol. The molecule has 0 bridgehead atoms. The summed E-state index contributed by atoms with van der Waals surface area (Å²) in [6.07, 6.45) is 1.36. The van der Waals surface area contributed by atoms with Gasteiger partial charge in [0.15, 0.2) is 11.6 Å². The maximum atomic E-state index is 13.0. The van der Waals surface area contributed by atoms with Crippen LogP contribution in [0.3, 0.4) is 0 Å². The number of para-hydroxylation sites is 2. The minimum absolute atomic E-state index is 0.0591. The molecule has 154 valence electrons. The van der Waals surface area contributed by atoms with Crippen LogP contribution in [0.2, 0.25) is 0 Å². The Morgan fingerprint density at radius 1 is 0.933 bits per heavy atom. The molecule has 1 aliphatic heterocycles. The topological polar surface area (TPSA) is 78.4 Å². The summed E-state index contributed by atoms with van der Waals surface area (Å²) in [5, 5.41) is 2.85. The molecule has 1 aromatic heterocycles. The Balaban J connectivity index is 1.44. The highest BCUT2D eigenvalue weighted by Gasteiger charge is 2.26. The second-order valence-corrected chi connectivity index (χ2v) is 7.44. The Hall–Kier alpha value is -3.48. The molecule has 2 heterocycles. The summed E-state index contributed by atoms with van der Waals surface area (Å²) in [6.45, 7) is 1.69. The number of anilines is 2. The maximum Gasteiger partial charge on any atom is 0.230 e. The van der Waals surface area contributed by atoms with Gasteiger partial charge in [0, 0.05) is 33.1 Å². The third-order valence-corrected chi connectivity index (χ3v) is 5.20. The average Bonchev–Trinajstić information content (AvgIpc) is 2.91. The lowest BCUT2D eigenvalue weighted by Gasteiger charge is -2.23. The molecule has 4 rings (SSSR count). The highest BCUT2D eigenvalue weighted by molar-refractivity contribution is 5.97. The first kappa shape index (κ1) is 19.8. The first-order chi connectivity index (χ1) is 14.6. The molecule has 0 aliphatic carbocycles. The van der Waals surface area contributed by atoms with Crippen LogP contribution in [0.15, 0.2) is 54.6 Å². The number of amides is 2. The predicted molar refractivity (Wildman–Crippen MR) is 118 cm³/mol. The number of hydrogen-bond acceptors (Lipinski definition) is 5. The van der Waals surface area contributed by atoms with Crippen molar-refractivity contribution in [2.24, 2.45) is 0 Å². The van der Waals surface area contributed by atoms with Crippen LogP contribution in [0, 0.1) is 0 Å². The Labute approximate surface area is 175 Å². The quantitative estimate of drug-likeness (QED) is 0.708. The average molecular weight is 403 g/mol. The summed E-state index contributed by atoms with van der Waals surface area (Å²) in [5.74, 6) is 1.16. The second kappa shape index (κ2) is 8.90. The van der Waals surface area contributed by atoms with Crippen LogP contribution in [0.4, 0.5) is 11.6 Å². The molecule has 0 radical (unpaired) electrons. The molecule has 2 amide bonds. The lowest BCUT2D eigenvalue weighted by Crippen LogP contribution is -2.36. The van der Waals surface area contributed by atoms with Crippen LogP contribution >= 0.6 is 0 Å². The van der Waals surface area contributed by atoms with E-state index < -0.39 is 0 Å². The number of nitrogens with one attached hydrogen (secondary N) is 1. The number of benzene rings is 2. The molecule has 0 spiro atoms. The third kappa shape index (κ3) is 4.40. The molecule has 30 heavy (non-hydrogen) atoms. The number of carbonyl (C=O) groups is 2. The van der Waals surface area contributed by atoms with Crippen molar-refractivity contribution in [1.82, 2.24) is 15.3 Å². The van der Waals surface area contributed by atoms with E-state index in [2.05, 4.69) is 5.32 Å². The maximum absolute atomic E-state index is 13.0. The van der Waals surface area contributed by atoms with E-state index in [4.69, 9.17) is 9.97 Å². The van der Waals surface area contributed by atoms with Gasteiger partial charge >= 0.3 is 0 Å². The van der Waals surface area contributed by atoms with Crippen LogP contribution in [-0.4, -0.2) is 48.5 Å². The zero-order chi connectivity index (χ0) is 20.9. The van der Waals surface area contributed by atoms with Gasteiger partial charge in [-0.05, 0) is 24.1 Å². The van der Waals surface area contributed by atoms with Crippen LogP contribution in [0.5, 0.6) is 0 Å². The fourth-order valence-electron chi connectivity index (χ4n) is 3.63. The van der Waals surface area contributed by atoms with Crippen LogP contribution < -0.4 is 15.1 Å². The van der Waals surface area contributed by atoms with E-state index in [1.807, 2.05) is 66.5 Å². The Morgan fingerprint density at radius 2 is 1.60 bits per heavy atom. The number of carbonyl (C=O) groups excluding carboxylic acids is 2. The van der Waals surface area contributed by atoms with E-state index >= 15 is 0 Å².